The van der Waals surface area contributed by atoms with E-state index in [-0.39, 0.29) is 15.7 Å². The van der Waals surface area contributed by atoms with Gasteiger partial charge in [0.25, 0.3) is 0 Å². The van der Waals surface area contributed by atoms with E-state index in [9.17, 15) is 18.0 Å². The fraction of sp³-hybridized carbons (Fsp3) is 0.250. The second-order valence-electron chi connectivity index (χ2n) is 2.83. The molecule has 94 valence electrons. The number of carbonyl (C=O) groups is 1. The molecular weight excluding hydrogens is 356 g/mol. The summed E-state index contributed by atoms with van der Waals surface area (Å²) < 4.78 is 39.7. The van der Waals surface area contributed by atoms with E-state index in [2.05, 4.69) is 9.72 Å². The van der Waals surface area contributed by atoms with Crippen LogP contribution >= 0.6 is 22.6 Å². The molecule has 5 nitrogen and oxygen atoms in total. The van der Waals surface area contributed by atoms with E-state index in [1.54, 1.807) is 22.6 Å². The number of nitrogens with two attached hydrogens (primary N) is 1. The average Bonchev–Trinajstić information content (AvgIpc) is 2.13. The van der Waals surface area contributed by atoms with E-state index in [1.807, 2.05) is 0 Å². The molecule has 0 bridgehead atoms. The number of halogens is 4. The molecule has 0 aliphatic rings. The van der Waals surface area contributed by atoms with E-state index < -0.39 is 23.9 Å². The van der Waals surface area contributed by atoms with Crippen LogP contribution in [0, 0.1) is 3.57 Å². The van der Waals surface area contributed by atoms with Crippen LogP contribution in [0.3, 0.4) is 0 Å². The van der Waals surface area contributed by atoms with Gasteiger partial charge in [0.05, 0.1) is 0 Å². The molecule has 1 heterocycles. The Morgan fingerprint density at radius 2 is 2.18 bits per heavy atom. The molecule has 0 aromatic carbocycles. The van der Waals surface area contributed by atoms with E-state index in [4.69, 9.17) is 10.8 Å². The van der Waals surface area contributed by atoms with Crippen LogP contribution in [0.4, 0.5) is 13.2 Å². The van der Waals surface area contributed by atoms with Gasteiger partial charge < -0.3 is 15.6 Å². The number of pyridine rings is 1. The van der Waals surface area contributed by atoms with Gasteiger partial charge in [-0.2, -0.15) is 0 Å². The van der Waals surface area contributed by atoms with Gasteiger partial charge in [0, 0.05) is 21.7 Å². The van der Waals surface area contributed by atoms with E-state index in [0.717, 1.165) is 6.07 Å². The molecule has 0 amide bonds. The Morgan fingerprint density at radius 1 is 1.59 bits per heavy atom. The van der Waals surface area contributed by atoms with Crippen LogP contribution in [0.25, 0.3) is 0 Å². The van der Waals surface area contributed by atoms with Crippen LogP contribution in [0.1, 0.15) is 16.1 Å². The number of hydrogen-bond acceptors (Lipinski definition) is 4. The van der Waals surface area contributed by atoms with Gasteiger partial charge in [-0.3, -0.25) is 0 Å². The summed E-state index contributed by atoms with van der Waals surface area (Å²) >= 11 is 1.67. The molecule has 0 saturated carbocycles. The third-order valence-electron chi connectivity index (χ3n) is 1.67. The molecule has 9 heteroatoms. The summed E-state index contributed by atoms with van der Waals surface area (Å²) in [6, 6.07) is 0.975. The molecular formula is C8H6F3IN2O3. The molecule has 3 N–H and O–H groups in total. The first-order valence-electron chi connectivity index (χ1n) is 4.13. The summed E-state index contributed by atoms with van der Waals surface area (Å²) in [5, 5.41) is 8.79. The Labute approximate surface area is 107 Å². The van der Waals surface area contributed by atoms with Crippen LogP contribution < -0.4 is 10.5 Å². The van der Waals surface area contributed by atoms with Crippen LogP contribution in [0.15, 0.2) is 6.07 Å². The monoisotopic (exact) mass is 362 g/mol. The average molecular weight is 362 g/mol. The molecule has 0 fully saturated rings. The topological polar surface area (TPSA) is 85.4 Å². The molecule has 0 saturated heterocycles. The predicted molar refractivity (Wildman–Crippen MR) is 58.5 cm³/mol. The molecule has 1 rings (SSSR count). The minimum atomic E-state index is -4.92. The maximum absolute atomic E-state index is 12.0. The molecule has 0 unspecified atom stereocenters. The number of ether oxygens (including phenoxy) is 1. The zero-order chi connectivity index (χ0) is 13.2. The van der Waals surface area contributed by atoms with Crippen LogP contribution in [0.2, 0.25) is 0 Å². The highest BCUT2D eigenvalue weighted by Gasteiger charge is 2.32. The smallest absolute Gasteiger partial charge is 0.476 e. The highest BCUT2D eigenvalue weighted by molar-refractivity contribution is 14.1. The van der Waals surface area contributed by atoms with Crippen LogP contribution in [-0.2, 0) is 6.54 Å². The van der Waals surface area contributed by atoms with Crippen molar-refractivity contribution in [3.8, 4) is 5.88 Å². The first-order valence-corrected chi connectivity index (χ1v) is 5.21. The zero-order valence-corrected chi connectivity index (χ0v) is 10.2. The molecule has 0 spiro atoms. The van der Waals surface area contributed by atoms with Crippen molar-refractivity contribution >= 4 is 28.6 Å². The lowest BCUT2D eigenvalue weighted by Crippen LogP contribution is -2.20. The lowest BCUT2D eigenvalue weighted by atomic mass is 10.2. The number of aromatic carboxylic acids is 1. The summed E-state index contributed by atoms with van der Waals surface area (Å²) in [6.07, 6.45) is -4.92. The summed E-state index contributed by atoms with van der Waals surface area (Å²) in [5.74, 6) is -2.28. The van der Waals surface area contributed by atoms with Gasteiger partial charge in [-0.15, -0.1) is 13.2 Å². The van der Waals surface area contributed by atoms with Crippen molar-refractivity contribution in [1.82, 2.24) is 4.98 Å². The molecule has 0 radical (unpaired) electrons. The van der Waals surface area contributed by atoms with Crippen LogP contribution in [-0.4, -0.2) is 22.4 Å². The maximum Gasteiger partial charge on any atom is 0.574 e. The number of rotatable bonds is 3. The lowest BCUT2D eigenvalue weighted by molar-refractivity contribution is -0.276. The Hall–Kier alpha value is -1.10. The van der Waals surface area contributed by atoms with Gasteiger partial charge >= 0.3 is 12.3 Å². The fourth-order valence-corrected chi connectivity index (χ4v) is 1.80. The summed E-state index contributed by atoms with van der Waals surface area (Å²) in [5.41, 5.74) is 4.91. The molecule has 1 aromatic rings. The quantitative estimate of drug-likeness (QED) is 0.801. The molecule has 0 aliphatic carbocycles. The maximum atomic E-state index is 12.0. The predicted octanol–water partition coefficient (Wildman–Crippen LogP) is 1.74. The van der Waals surface area contributed by atoms with Crippen molar-refractivity contribution in [2.45, 2.75) is 12.9 Å². The van der Waals surface area contributed by atoms with Crippen LogP contribution in [0.5, 0.6) is 5.88 Å². The second kappa shape index (κ2) is 5.04. The summed E-state index contributed by atoms with van der Waals surface area (Å²) in [6.45, 7) is -0.140. The second-order valence-corrected chi connectivity index (χ2v) is 3.99. The Kier molecular flexibility index (Phi) is 4.14. The molecule has 0 aliphatic heterocycles. The van der Waals surface area contributed by atoms with Crippen molar-refractivity contribution in [3.63, 3.8) is 0 Å². The van der Waals surface area contributed by atoms with Gasteiger partial charge in [0.2, 0.25) is 5.88 Å². The number of nitrogens with zero attached hydrogens (tertiary/aromatic N) is 1. The van der Waals surface area contributed by atoms with Crippen molar-refractivity contribution in [1.29, 1.82) is 0 Å². The van der Waals surface area contributed by atoms with Crippen molar-refractivity contribution in [3.05, 3.63) is 20.9 Å². The Bertz CT molecular complexity index is 450. The van der Waals surface area contributed by atoms with E-state index in [1.165, 1.54) is 0 Å². The third-order valence-corrected chi connectivity index (χ3v) is 2.64. The molecule has 17 heavy (non-hydrogen) atoms. The lowest BCUT2D eigenvalue weighted by Gasteiger charge is -2.11. The van der Waals surface area contributed by atoms with Crippen molar-refractivity contribution in [2.75, 3.05) is 0 Å². The third kappa shape index (κ3) is 3.70. The molecule has 0 atom stereocenters. The molecule has 1 aromatic heterocycles. The number of aromatic nitrogens is 1. The summed E-state index contributed by atoms with van der Waals surface area (Å²) in [7, 11) is 0. The Morgan fingerprint density at radius 3 is 2.59 bits per heavy atom. The van der Waals surface area contributed by atoms with Gasteiger partial charge in [-0.05, 0) is 22.6 Å². The standard InChI is InChI=1S/C8H6F3IN2O3/c9-8(10,11)17-5-1-4(12)3(2-13)6(14-5)7(15)16/h1H,2,13H2,(H,15,16). The zero-order valence-electron chi connectivity index (χ0n) is 8.08. The highest BCUT2D eigenvalue weighted by atomic mass is 127. The van der Waals surface area contributed by atoms with Crippen molar-refractivity contribution in [2.24, 2.45) is 5.73 Å². The highest BCUT2D eigenvalue weighted by Crippen LogP contribution is 2.25. The largest absolute Gasteiger partial charge is 0.574 e. The van der Waals surface area contributed by atoms with Gasteiger partial charge in [0.15, 0.2) is 5.69 Å². The number of alkyl halides is 3. The minimum absolute atomic E-state index is 0.140. The number of hydrogen-bond donors (Lipinski definition) is 2. The van der Waals surface area contributed by atoms with Gasteiger partial charge in [-0.25, -0.2) is 9.78 Å². The first kappa shape index (κ1) is 14.0. The van der Waals surface area contributed by atoms with Gasteiger partial charge in [-0.1, -0.05) is 0 Å². The minimum Gasteiger partial charge on any atom is -0.476 e. The van der Waals surface area contributed by atoms with E-state index >= 15 is 0 Å². The SMILES string of the molecule is NCc1c(I)cc(OC(F)(F)F)nc1C(=O)O. The number of carboxylic acids is 1. The normalized spacial score (nSPS) is 11.4. The number of carboxylic acid groups (broad SMARTS) is 1. The fourth-order valence-electron chi connectivity index (χ4n) is 1.06. The van der Waals surface area contributed by atoms with Gasteiger partial charge in [0.1, 0.15) is 0 Å². The summed E-state index contributed by atoms with van der Waals surface area (Å²) in [4.78, 5) is 14.1. The van der Waals surface area contributed by atoms with Crippen molar-refractivity contribution < 1.29 is 27.8 Å². The van der Waals surface area contributed by atoms with E-state index in [0.29, 0.717) is 0 Å². The first-order chi connectivity index (χ1) is 7.74. The Balaban J connectivity index is 3.25.